The van der Waals surface area contributed by atoms with E-state index in [-0.39, 0.29) is 5.56 Å². The van der Waals surface area contributed by atoms with Crippen molar-refractivity contribution in [2.75, 3.05) is 11.9 Å². The molecule has 0 amide bonds. The van der Waals surface area contributed by atoms with Gasteiger partial charge in [-0.25, -0.2) is 9.78 Å². The molecular weight excluding hydrogens is 294 g/mol. The van der Waals surface area contributed by atoms with Gasteiger partial charge in [-0.1, -0.05) is 0 Å². The van der Waals surface area contributed by atoms with Crippen LogP contribution in [0.4, 0.5) is 11.4 Å². The summed E-state index contributed by atoms with van der Waals surface area (Å²) in [5, 5.41) is 25.8. The van der Waals surface area contributed by atoms with Crippen molar-refractivity contribution in [1.82, 2.24) is 4.98 Å². The number of aryl methyl sites for hydroxylation is 1. The molecule has 21 heavy (non-hydrogen) atoms. The molecule has 2 N–H and O–H groups in total. The minimum atomic E-state index is -1.31. The van der Waals surface area contributed by atoms with Crippen molar-refractivity contribution in [2.24, 2.45) is 0 Å². The van der Waals surface area contributed by atoms with Gasteiger partial charge in [-0.15, -0.1) is 11.3 Å². The molecule has 110 valence electrons. The van der Waals surface area contributed by atoms with Gasteiger partial charge in [-0.05, 0) is 19.1 Å². The zero-order valence-corrected chi connectivity index (χ0v) is 12.0. The minimum absolute atomic E-state index is 0.319. The molecule has 1 aromatic heterocycles. The molecule has 0 aliphatic rings. The summed E-state index contributed by atoms with van der Waals surface area (Å²) in [4.78, 5) is 25.4. The molecule has 0 saturated carbocycles. The van der Waals surface area contributed by atoms with Gasteiger partial charge in [0.15, 0.2) is 0 Å². The fourth-order valence-corrected chi connectivity index (χ4v) is 2.48. The first-order valence-electron chi connectivity index (χ1n) is 6.14. The molecule has 0 radical (unpaired) electrons. The average molecular weight is 307 g/mol. The monoisotopic (exact) mass is 307 g/mol. The number of rotatable bonds is 6. The molecule has 0 atom stereocenters. The molecule has 7 nitrogen and oxygen atoms in total. The van der Waals surface area contributed by atoms with Crippen LogP contribution in [0.1, 0.15) is 21.1 Å². The molecule has 0 fully saturated rings. The van der Waals surface area contributed by atoms with Gasteiger partial charge in [0.25, 0.3) is 5.69 Å². The number of benzene rings is 1. The van der Waals surface area contributed by atoms with E-state index >= 15 is 0 Å². The van der Waals surface area contributed by atoms with E-state index in [2.05, 4.69) is 10.3 Å². The Balaban J connectivity index is 2.05. The zero-order valence-electron chi connectivity index (χ0n) is 11.2. The number of aromatic nitrogens is 1. The third kappa shape index (κ3) is 3.76. The third-order valence-electron chi connectivity index (χ3n) is 2.80. The first-order valence-corrected chi connectivity index (χ1v) is 7.02. The maximum atomic E-state index is 10.9. The Morgan fingerprint density at radius 3 is 2.86 bits per heavy atom. The van der Waals surface area contributed by atoms with Gasteiger partial charge in [0.2, 0.25) is 0 Å². The smallest absolute Gasteiger partial charge is 0.342 e. The number of nitro benzene ring substituents is 1. The SMILES string of the molecule is Cc1nc(CCNc2ccc(C(=O)O)c([N+](=O)[O-])c2)cs1. The van der Waals surface area contributed by atoms with Crippen LogP contribution in [0.3, 0.4) is 0 Å². The zero-order chi connectivity index (χ0) is 15.4. The Morgan fingerprint density at radius 2 is 2.29 bits per heavy atom. The lowest BCUT2D eigenvalue weighted by molar-refractivity contribution is -0.385. The Hall–Kier alpha value is -2.48. The predicted octanol–water partition coefficient (Wildman–Crippen LogP) is 2.71. The average Bonchev–Trinajstić information content (AvgIpc) is 2.84. The van der Waals surface area contributed by atoms with E-state index in [1.807, 2.05) is 12.3 Å². The summed E-state index contributed by atoms with van der Waals surface area (Å²) in [5.41, 5.74) is 0.734. The van der Waals surface area contributed by atoms with E-state index in [1.165, 1.54) is 18.2 Å². The third-order valence-corrected chi connectivity index (χ3v) is 3.62. The van der Waals surface area contributed by atoms with Gasteiger partial charge in [0.05, 0.1) is 15.6 Å². The van der Waals surface area contributed by atoms with Crippen molar-refractivity contribution < 1.29 is 14.8 Å². The first kappa shape index (κ1) is 14.9. The number of carboxylic acids is 1. The molecule has 0 saturated heterocycles. The number of aromatic carboxylic acids is 1. The molecule has 2 rings (SSSR count). The molecule has 1 heterocycles. The largest absolute Gasteiger partial charge is 0.477 e. The van der Waals surface area contributed by atoms with Crippen LogP contribution in [0, 0.1) is 17.0 Å². The van der Waals surface area contributed by atoms with Crippen molar-refractivity contribution in [3.8, 4) is 0 Å². The summed E-state index contributed by atoms with van der Waals surface area (Å²) >= 11 is 1.57. The summed E-state index contributed by atoms with van der Waals surface area (Å²) in [5.74, 6) is -1.31. The number of carbonyl (C=O) groups is 1. The number of carboxylic acid groups (broad SMARTS) is 1. The number of hydrogen-bond donors (Lipinski definition) is 2. The maximum absolute atomic E-state index is 10.9. The number of nitrogens with zero attached hydrogens (tertiary/aromatic N) is 2. The van der Waals surface area contributed by atoms with Crippen LogP contribution < -0.4 is 5.32 Å². The highest BCUT2D eigenvalue weighted by Crippen LogP contribution is 2.23. The van der Waals surface area contributed by atoms with Gasteiger partial charge in [0, 0.05) is 30.1 Å². The number of nitrogens with one attached hydrogen (secondary N) is 1. The molecule has 1 aromatic carbocycles. The number of anilines is 1. The normalized spacial score (nSPS) is 10.3. The topological polar surface area (TPSA) is 105 Å². The van der Waals surface area contributed by atoms with Crippen molar-refractivity contribution >= 4 is 28.7 Å². The van der Waals surface area contributed by atoms with Crippen LogP contribution >= 0.6 is 11.3 Å². The number of thiazole rings is 1. The second kappa shape index (κ2) is 6.31. The van der Waals surface area contributed by atoms with E-state index in [4.69, 9.17) is 5.11 Å². The first-order chi connectivity index (χ1) is 9.97. The van der Waals surface area contributed by atoms with Gasteiger partial charge in [-0.3, -0.25) is 10.1 Å². The highest BCUT2D eigenvalue weighted by Gasteiger charge is 2.19. The standard InChI is InChI=1S/C13H13N3O4S/c1-8-15-10(7-21-8)4-5-14-9-2-3-11(13(17)18)12(6-9)16(19)20/h2-3,6-7,14H,4-5H2,1H3,(H,17,18). The maximum Gasteiger partial charge on any atom is 0.342 e. The van der Waals surface area contributed by atoms with E-state index in [1.54, 1.807) is 11.3 Å². The fraction of sp³-hybridized carbons (Fsp3) is 0.231. The molecule has 0 bridgehead atoms. The second-order valence-corrected chi connectivity index (χ2v) is 5.39. The summed E-state index contributed by atoms with van der Waals surface area (Å²) < 4.78 is 0. The van der Waals surface area contributed by atoms with Crippen molar-refractivity contribution in [3.05, 3.63) is 50.0 Å². The van der Waals surface area contributed by atoms with Gasteiger partial charge < -0.3 is 10.4 Å². The number of hydrogen-bond acceptors (Lipinski definition) is 6. The second-order valence-electron chi connectivity index (χ2n) is 4.33. The van der Waals surface area contributed by atoms with E-state index in [0.29, 0.717) is 18.7 Å². The van der Waals surface area contributed by atoms with Crippen molar-refractivity contribution in [1.29, 1.82) is 0 Å². The Bertz CT molecular complexity index is 684. The molecule has 8 heteroatoms. The van der Waals surface area contributed by atoms with Crippen LogP contribution in [0.2, 0.25) is 0 Å². The summed E-state index contributed by atoms with van der Waals surface area (Å²) in [6, 6.07) is 3.98. The summed E-state index contributed by atoms with van der Waals surface area (Å²) in [7, 11) is 0. The molecular formula is C13H13N3O4S. The molecule has 0 spiro atoms. The lowest BCUT2D eigenvalue weighted by Gasteiger charge is -2.06. The quantitative estimate of drug-likeness (QED) is 0.628. The highest BCUT2D eigenvalue weighted by molar-refractivity contribution is 7.09. The lowest BCUT2D eigenvalue weighted by Crippen LogP contribution is -2.07. The minimum Gasteiger partial charge on any atom is -0.477 e. The molecule has 2 aromatic rings. The molecule has 0 aliphatic carbocycles. The fourth-order valence-electron chi connectivity index (χ4n) is 1.83. The van der Waals surface area contributed by atoms with E-state index in [9.17, 15) is 14.9 Å². The van der Waals surface area contributed by atoms with Gasteiger partial charge >= 0.3 is 5.97 Å². The number of nitro groups is 1. The summed E-state index contributed by atoms with van der Waals surface area (Å²) in [6.07, 6.45) is 0.693. The Kier molecular flexibility index (Phi) is 4.49. The van der Waals surface area contributed by atoms with Crippen LogP contribution in [-0.2, 0) is 6.42 Å². The molecule has 0 unspecified atom stereocenters. The van der Waals surface area contributed by atoms with E-state index in [0.717, 1.165) is 10.7 Å². The van der Waals surface area contributed by atoms with Crippen LogP contribution in [0.25, 0.3) is 0 Å². The summed E-state index contributed by atoms with van der Waals surface area (Å²) in [6.45, 7) is 2.49. The Labute approximate surface area is 124 Å². The van der Waals surface area contributed by atoms with Crippen LogP contribution in [0.5, 0.6) is 0 Å². The Morgan fingerprint density at radius 1 is 1.52 bits per heavy atom. The van der Waals surface area contributed by atoms with E-state index < -0.39 is 16.6 Å². The van der Waals surface area contributed by atoms with Gasteiger partial charge in [-0.2, -0.15) is 0 Å². The highest BCUT2D eigenvalue weighted by atomic mass is 32.1. The van der Waals surface area contributed by atoms with Crippen molar-refractivity contribution in [2.45, 2.75) is 13.3 Å². The van der Waals surface area contributed by atoms with Crippen LogP contribution in [0.15, 0.2) is 23.6 Å². The molecule has 0 aliphatic heterocycles. The lowest BCUT2D eigenvalue weighted by atomic mass is 10.1. The van der Waals surface area contributed by atoms with Crippen LogP contribution in [-0.4, -0.2) is 27.5 Å². The van der Waals surface area contributed by atoms with Gasteiger partial charge in [0.1, 0.15) is 5.56 Å². The van der Waals surface area contributed by atoms with Crippen molar-refractivity contribution in [3.63, 3.8) is 0 Å². The predicted molar refractivity (Wildman–Crippen MR) is 79.1 cm³/mol.